The minimum Gasteiger partial charge on any atom is -0.363 e. The van der Waals surface area contributed by atoms with E-state index in [1.807, 2.05) is 0 Å². The molecule has 3 nitrogen and oxygen atoms in total. The van der Waals surface area contributed by atoms with Crippen molar-refractivity contribution in [2.45, 2.75) is 106 Å². The van der Waals surface area contributed by atoms with Crippen LogP contribution in [0.5, 0.6) is 0 Å². The van der Waals surface area contributed by atoms with Gasteiger partial charge in [-0.1, -0.05) is 91.2 Å². The van der Waals surface area contributed by atoms with E-state index >= 15 is 0 Å². The predicted molar refractivity (Wildman–Crippen MR) is 147 cm³/mol. The van der Waals surface area contributed by atoms with Crippen LogP contribution in [0.1, 0.15) is 106 Å². The van der Waals surface area contributed by atoms with Crippen LogP contribution in [0.3, 0.4) is 0 Å². The summed E-state index contributed by atoms with van der Waals surface area (Å²) in [5, 5.41) is 4.29. The van der Waals surface area contributed by atoms with Gasteiger partial charge in [-0.2, -0.15) is 0 Å². The second-order valence-corrected chi connectivity index (χ2v) is 11.3. The Morgan fingerprint density at radius 1 is 0.875 bits per heavy atom. The van der Waals surface area contributed by atoms with Crippen molar-refractivity contribution in [2.24, 2.45) is 17.8 Å². The molecular formula is C28H55N3S. The van der Waals surface area contributed by atoms with Gasteiger partial charge in [-0.25, -0.2) is 0 Å². The SMILES string of the molecule is CCCNC(=S)N1CCN(CC=C(C)CCCC(C)CCCC(C)CCCC(C)C)CC1. The molecule has 32 heavy (non-hydrogen) atoms. The third-order valence-electron chi connectivity index (χ3n) is 7.02. The molecular weight excluding hydrogens is 410 g/mol. The molecule has 188 valence electrons. The fraction of sp³-hybridized carbons (Fsp3) is 0.893. The van der Waals surface area contributed by atoms with Crippen molar-refractivity contribution in [1.29, 1.82) is 0 Å². The molecule has 1 aliphatic heterocycles. The highest BCUT2D eigenvalue weighted by Gasteiger charge is 2.17. The second-order valence-electron chi connectivity index (χ2n) is 10.9. The number of rotatable bonds is 16. The lowest BCUT2D eigenvalue weighted by molar-refractivity contribution is 0.196. The van der Waals surface area contributed by atoms with Gasteiger partial charge in [0.25, 0.3) is 0 Å². The Kier molecular flexibility index (Phi) is 16.4. The van der Waals surface area contributed by atoms with Crippen molar-refractivity contribution in [2.75, 3.05) is 39.3 Å². The van der Waals surface area contributed by atoms with Gasteiger partial charge in [0.05, 0.1) is 0 Å². The Hall–Kier alpha value is -0.610. The van der Waals surface area contributed by atoms with Gasteiger partial charge < -0.3 is 10.2 Å². The van der Waals surface area contributed by atoms with E-state index in [-0.39, 0.29) is 0 Å². The van der Waals surface area contributed by atoms with Crippen LogP contribution < -0.4 is 5.32 Å². The van der Waals surface area contributed by atoms with Gasteiger partial charge in [-0.15, -0.1) is 0 Å². The first kappa shape index (κ1) is 29.4. The molecule has 0 aromatic rings. The monoisotopic (exact) mass is 465 g/mol. The quantitative estimate of drug-likeness (QED) is 0.191. The molecule has 0 aromatic heterocycles. The summed E-state index contributed by atoms with van der Waals surface area (Å²) in [6, 6.07) is 0. The summed E-state index contributed by atoms with van der Waals surface area (Å²) in [7, 11) is 0. The molecule has 0 saturated carbocycles. The smallest absolute Gasteiger partial charge is 0.169 e. The topological polar surface area (TPSA) is 18.5 Å². The fourth-order valence-corrected chi connectivity index (χ4v) is 4.86. The first-order chi connectivity index (χ1) is 15.3. The maximum absolute atomic E-state index is 5.50. The van der Waals surface area contributed by atoms with Crippen LogP contribution >= 0.6 is 12.2 Å². The average Bonchev–Trinajstić information content (AvgIpc) is 2.76. The largest absolute Gasteiger partial charge is 0.363 e. The minimum atomic E-state index is 0.863. The van der Waals surface area contributed by atoms with Gasteiger partial charge in [0, 0.05) is 39.3 Å². The van der Waals surface area contributed by atoms with Crippen LogP contribution in [0.2, 0.25) is 0 Å². The third-order valence-corrected chi connectivity index (χ3v) is 7.43. The first-order valence-electron chi connectivity index (χ1n) is 13.7. The molecule has 1 aliphatic rings. The van der Waals surface area contributed by atoms with Gasteiger partial charge >= 0.3 is 0 Å². The zero-order chi connectivity index (χ0) is 23.8. The Morgan fingerprint density at radius 2 is 1.44 bits per heavy atom. The van der Waals surface area contributed by atoms with E-state index in [1.54, 1.807) is 5.57 Å². The highest BCUT2D eigenvalue weighted by molar-refractivity contribution is 7.80. The van der Waals surface area contributed by atoms with Crippen molar-refractivity contribution in [3.63, 3.8) is 0 Å². The summed E-state index contributed by atoms with van der Waals surface area (Å²) in [6.45, 7) is 20.5. The first-order valence-corrected chi connectivity index (χ1v) is 14.1. The summed E-state index contributed by atoms with van der Waals surface area (Å²) in [4.78, 5) is 4.89. The van der Waals surface area contributed by atoms with Crippen LogP contribution in [0.25, 0.3) is 0 Å². The third kappa shape index (κ3) is 14.5. The summed E-state index contributed by atoms with van der Waals surface area (Å²) in [6.07, 6.45) is 16.1. The number of nitrogens with zero attached hydrogens (tertiary/aromatic N) is 2. The van der Waals surface area contributed by atoms with Crippen LogP contribution in [-0.4, -0.2) is 54.2 Å². The zero-order valence-electron chi connectivity index (χ0n) is 22.4. The van der Waals surface area contributed by atoms with E-state index in [9.17, 15) is 0 Å². The highest BCUT2D eigenvalue weighted by atomic mass is 32.1. The number of hydrogen-bond donors (Lipinski definition) is 1. The maximum Gasteiger partial charge on any atom is 0.169 e. The van der Waals surface area contributed by atoms with E-state index in [0.717, 1.165) is 68.6 Å². The molecule has 1 N–H and O–H groups in total. The van der Waals surface area contributed by atoms with Gasteiger partial charge in [0.15, 0.2) is 5.11 Å². The fourth-order valence-electron chi connectivity index (χ4n) is 4.57. The van der Waals surface area contributed by atoms with Gasteiger partial charge in [-0.05, 0) is 56.2 Å². The number of thiocarbonyl (C=S) groups is 1. The van der Waals surface area contributed by atoms with E-state index in [2.05, 4.69) is 62.7 Å². The Bertz CT molecular complexity index is 509. The van der Waals surface area contributed by atoms with Gasteiger partial charge in [0.1, 0.15) is 0 Å². The molecule has 0 spiro atoms. The molecule has 1 saturated heterocycles. The summed E-state index contributed by atoms with van der Waals surface area (Å²) in [5.41, 5.74) is 1.57. The number of hydrogen-bond acceptors (Lipinski definition) is 2. The average molecular weight is 466 g/mol. The highest BCUT2D eigenvalue weighted by Crippen LogP contribution is 2.22. The maximum atomic E-state index is 5.50. The van der Waals surface area contributed by atoms with Crippen molar-refractivity contribution >= 4 is 17.3 Å². The van der Waals surface area contributed by atoms with Crippen LogP contribution in [-0.2, 0) is 0 Å². The van der Waals surface area contributed by atoms with E-state index in [4.69, 9.17) is 12.2 Å². The van der Waals surface area contributed by atoms with Gasteiger partial charge in [-0.3, -0.25) is 4.90 Å². The molecule has 0 aliphatic carbocycles. The van der Waals surface area contributed by atoms with Crippen LogP contribution in [0.4, 0.5) is 0 Å². The van der Waals surface area contributed by atoms with Crippen molar-refractivity contribution < 1.29 is 0 Å². The number of nitrogens with one attached hydrogen (secondary N) is 1. The molecule has 2 unspecified atom stereocenters. The molecule has 2 atom stereocenters. The standard InChI is InChI=1S/C28H55N3S/c1-7-18-29-28(32)31-22-20-30(21-23-31)19-17-27(6)16-10-15-26(5)14-9-13-25(4)12-8-11-24(2)3/h17,24-26H,7-16,18-23H2,1-6H3,(H,29,32). The Balaban J connectivity index is 2.08. The predicted octanol–water partition coefficient (Wildman–Crippen LogP) is 7.27. The lowest BCUT2D eigenvalue weighted by atomic mass is 9.91. The summed E-state index contributed by atoms with van der Waals surface area (Å²) < 4.78 is 0. The molecule has 1 heterocycles. The number of allylic oxidation sites excluding steroid dienone is 1. The Morgan fingerprint density at radius 3 is 2.00 bits per heavy atom. The normalized spacial score (nSPS) is 17.6. The Labute approximate surface area is 206 Å². The summed E-state index contributed by atoms with van der Waals surface area (Å²) in [5.74, 6) is 2.65. The molecule has 4 heteroatoms. The van der Waals surface area contributed by atoms with Crippen molar-refractivity contribution in [3.05, 3.63) is 11.6 Å². The second kappa shape index (κ2) is 17.8. The van der Waals surface area contributed by atoms with Crippen LogP contribution in [0, 0.1) is 17.8 Å². The molecule has 1 rings (SSSR count). The summed E-state index contributed by atoms with van der Waals surface area (Å²) >= 11 is 5.50. The van der Waals surface area contributed by atoms with Crippen molar-refractivity contribution in [3.8, 4) is 0 Å². The van der Waals surface area contributed by atoms with Crippen molar-refractivity contribution in [1.82, 2.24) is 15.1 Å². The molecule has 1 fully saturated rings. The molecule has 0 bridgehead atoms. The lowest BCUT2D eigenvalue weighted by Gasteiger charge is -2.35. The number of piperazine rings is 1. The van der Waals surface area contributed by atoms with E-state index in [0.29, 0.717) is 0 Å². The van der Waals surface area contributed by atoms with Gasteiger partial charge in [0.2, 0.25) is 0 Å². The van der Waals surface area contributed by atoms with E-state index in [1.165, 1.54) is 57.8 Å². The zero-order valence-corrected chi connectivity index (χ0v) is 23.2. The van der Waals surface area contributed by atoms with Crippen LogP contribution in [0.15, 0.2) is 11.6 Å². The van der Waals surface area contributed by atoms with E-state index < -0.39 is 0 Å². The lowest BCUT2D eigenvalue weighted by Crippen LogP contribution is -2.51. The minimum absolute atomic E-state index is 0.863. The molecule has 0 aromatic carbocycles. The molecule has 0 radical (unpaired) electrons. The molecule has 0 amide bonds.